The Bertz CT molecular complexity index is 373. The molecule has 0 saturated heterocycles. The lowest BCUT2D eigenvalue weighted by Crippen LogP contribution is -2.48. The summed E-state index contributed by atoms with van der Waals surface area (Å²) in [7, 11) is 0. The topological polar surface area (TPSA) is 26.0 Å². The molecular formula is C15H22BrN. The first-order chi connectivity index (χ1) is 8.01. The highest BCUT2D eigenvalue weighted by Gasteiger charge is 2.36. The molecule has 0 radical (unpaired) electrons. The second kappa shape index (κ2) is 5.11. The van der Waals surface area contributed by atoms with Crippen molar-refractivity contribution in [3.05, 3.63) is 34.3 Å². The normalized spacial score (nSPS) is 31.2. The van der Waals surface area contributed by atoms with E-state index in [-0.39, 0.29) is 5.54 Å². The lowest BCUT2D eigenvalue weighted by Gasteiger charge is -2.41. The number of hydrogen-bond acceptors (Lipinski definition) is 1. The van der Waals surface area contributed by atoms with E-state index in [9.17, 15) is 0 Å². The third-order valence-electron chi connectivity index (χ3n) is 4.30. The van der Waals surface area contributed by atoms with Gasteiger partial charge in [0.15, 0.2) is 0 Å². The first-order valence-corrected chi connectivity index (χ1v) is 7.35. The minimum Gasteiger partial charge on any atom is -0.325 e. The van der Waals surface area contributed by atoms with Gasteiger partial charge < -0.3 is 5.73 Å². The van der Waals surface area contributed by atoms with Crippen molar-refractivity contribution >= 4 is 15.9 Å². The molecule has 1 nitrogen and oxygen atoms in total. The van der Waals surface area contributed by atoms with Crippen LogP contribution in [0.1, 0.15) is 51.0 Å². The number of benzene rings is 1. The Morgan fingerprint density at radius 2 is 2.00 bits per heavy atom. The van der Waals surface area contributed by atoms with E-state index in [1.807, 2.05) is 0 Å². The molecule has 17 heavy (non-hydrogen) atoms. The third kappa shape index (κ3) is 2.92. The van der Waals surface area contributed by atoms with Gasteiger partial charge in [0.25, 0.3) is 0 Å². The fourth-order valence-electron chi connectivity index (χ4n) is 3.11. The van der Waals surface area contributed by atoms with E-state index in [1.54, 1.807) is 0 Å². The van der Waals surface area contributed by atoms with Gasteiger partial charge in [-0.3, -0.25) is 0 Å². The first-order valence-electron chi connectivity index (χ1n) is 6.55. The molecule has 0 bridgehead atoms. The zero-order valence-corrected chi connectivity index (χ0v) is 12.3. The maximum atomic E-state index is 6.65. The summed E-state index contributed by atoms with van der Waals surface area (Å²) in [5.41, 5.74) is 8.01. The predicted molar refractivity (Wildman–Crippen MR) is 77.1 cm³/mol. The van der Waals surface area contributed by atoms with Crippen molar-refractivity contribution in [1.29, 1.82) is 0 Å². The van der Waals surface area contributed by atoms with Gasteiger partial charge in [0.05, 0.1) is 0 Å². The highest BCUT2D eigenvalue weighted by molar-refractivity contribution is 9.10. The molecule has 1 aromatic carbocycles. The molecule has 3 atom stereocenters. The molecule has 2 N–H and O–H groups in total. The maximum absolute atomic E-state index is 6.65. The lowest BCUT2D eigenvalue weighted by atomic mass is 9.68. The van der Waals surface area contributed by atoms with Crippen LogP contribution in [-0.2, 0) is 0 Å². The fraction of sp³-hybridized carbons (Fsp3) is 0.600. The van der Waals surface area contributed by atoms with Gasteiger partial charge in [-0.25, -0.2) is 0 Å². The van der Waals surface area contributed by atoms with Crippen molar-refractivity contribution in [2.45, 2.75) is 51.0 Å². The second-order valence-electron chi connectivity index (χ2n) is 5.71. The molecule has 3 unspecified atom stereocenters. The van der Waals surface area contributed by atoms with Gasteiger partial charge in [0.1, 0.15) is 0 Å². The molecule has 0 heterocycles. The van der Waals surface area contributed by atoms with Gasteiger partial charge in [0, 0.05) is 10.0 Å². The van der Waals surface area contributed by atoms with E-state index in [1.165, 1.54) is 18.4 Å². The van der Waals surface area contributed by atoms with Crippen LogP contribution in [-0.4, -0.2) is 5.54 Å². The van der Waals surface area contributed by atoms with E-state index in [2.05, 4.69) is 54.0 Å². The van der Waals surface area contributed by atoms with Crippen LogP contribution in [0.2, 0.25) is 0 Å². The monoisotopic (exact) mass is 295 g/mol. The quantitative estimate of drug-likeness (QED) is 0.856. The average Bonchev–Trinajstić information content (AvgIpc) is 2.29. The van der Waals surface area contributed by atoms with Crippen molar-refractivity contribution in [3.8, 4) is 0 Å². The molecule has 1 saturated carbocycles. The molecule has 0 amide bonds. The first kappa shape index (κ1) is 13.1. The Hall–Kier alpha value is -0.340. The summed E-state index contributed by atoms with van der Waals surface area (Å²) >= 11 is 3.48. The largest absolute Gasteiger partial charge is 0.325 e. The molecule has 94 valence electrons. The van der Waals surface area contributed by atoms with Crippen LogP contribution in [0.25, 0.3) is 0 Å². The standard InChI is InChI=1S/C15H22BrN/c1-11-4-3-9-15(17,10-11)12(2)13-5-7-14(16)8-6-13/h5-8,11-12H,3-4,9-10,17H2,1-2H3. The molecule has 2 rings (SSSR count). The van der Waals surface area contributed by atoms with Crippen LogP contribution in [0.5, 0.6) is 0 Å². The van der Waals surface area contributed by atoms with Gasteiger partial charge in [-0.1, -0.05) is 54.8 Å². The zero-order chi connectivity index (χ0) is 12.5. The Morgan fingerprint density at radius 3 is 2.59 bits per heavy atom. The summed E-state index contributed by atoms with van der Waals surface area (Å²) in [5.74, 6) is 1.21. The average molecular weight is 296 g/mol. The van der Waals surface area contributed by atoms with Crippen LogP contribution >= 0.6 is 15.9 Å². The Kier molecular flexibility index (Phi) is 3.94. The van der Waals surface area contributed by atoms with Crippen molar-refractivity contribution < 1.29 is 0 Å². The molecule has 0 aliphatic heterocycles. The molecular weight excluding hydrogens is 274 g/mol. The van der Waals surface area contributed by atoms with Crippen molar-refractivity contribution in [1.82, 2.24) is 0 Å². The minimum atomic E-state index is -0.00844. The third-order valence-corrected chi connectivity index (χ3v) is 4.83. The number of hydrogen-bond donors (Lipinski definition) is 1. The zero-order valence-electron chi connectivity index (χ0n) is 10.7. The lowest BCUT2D eigenvalue weighted by molar-refractivity contribution is 0.206. The van der Waals surface area contributed by atoms with Crippen LogP contribution in [0.4, 0.5) is 0 Å². The summed E-state index contributed by atoms with van der Waals surface area (Å²) in [6.07, 6.45) is 4.93. The SMILES string of the molecule is CC1CCCC(N)(C(C)c2ccc(Br)cc2)C1. The van der Waals surface area contributed by atoms with Gasteiger partial charge in [-0.2, -0.15) is 0 Å². The van der Waals surface area contributed by atoms with Gasteiger partial charge >= 0.3 is 0 Å². The van der Waals surface area contributed by atoms with Crippen LogP contribution < -0.4 is 5.73 Å². The number of rotatable bonds is 2. The molecule has 1 aliphatic carbocycles. The van der Waals surface area contributed by atoms with E-state index in [0.29, 0.717) is 5.92 Å². The Morgan fingerprint density at radius 1 is 1.35 bits per heavy atom. The van der Waals surface area contributed by atoms with Gasteiger partial charge in [-0.15, -0.1) is 0 Å². The number of nitrogens with two attached hydrogens (primary N) is 1. The van der Waals surface area contributed by atoms with Crippen molar-refractivity contribution in [2.75, 3.05) is 0 Å². The molecule has 1 fully saturated rings. The highest BCUT2D eigenvalue weighted by atomic mass is 79.9. The second-order valence-corrected chi connectivity index (χ2v) is 6.62. The number of halogens is 1. The summed E-state index contributed by atoms with van der Waals surface area (Å²) in [5, 5.41) is 0. The van der Waals surface area contributed by atoms with E-state index in [4.69, 9.17) is 5.73 Å². The van der Waals surface area contributed by atoms with Gasteiger partial charge in [-0.05, 0) is 42.4 Å². The van der Waals surface area contributed by atoms with E-state index < -0.39 is 0 Å². The fourth-order valence-corrected chi connectivity index (χ4v) is 3.37. The maximum Gasteiger partial charge on any atom is 0.0223 e. The predicted octanol–water partition coefficient (Wildman–Crippen LogP) is 4.46. The molecule has 2 heteroatoms. The molecule has 0 aromatic heterocycles. The molecule has 1 aliphatic rings. The smallest absolute Gasteiger partial charge is 0.0223 e. The van der Waals surface area contributed by atoms with Gasteiger partial charge in [0.2, 0.25) is 0 Å². The minimum absolute atomic E-state index is 0.00844. The summed E-state index contributed by atoms with van der Waals surface area (Å²) in [6.45, 7) is 4.61. The van der Waals surface area contributed by atoms with E-state index >= 15 is 0 Å². The van der Waals surface area contributed by atoms with Crippen LogP contribution in [0, 0.1) is 5.92 Å². The van der Waals surface area contributed by atoms with Crippen LogP contribution in [0.3, 0.4) is 0 Å². The molecule has 0 spiro atoms. The Balaban J connectivity index is 2.18. The summed E-state index contributed by atoms with van der Waals surface area (Å²) in [6, 6.07) is 8.62. The summed E-state index contributed by atoms with van der Waals surface area (Å²) < 4.78 is 1.14. The van der Waals surface area contributed by atoms with Crippen LogP contribution in [0.15, 0.2) is 28.7 Å². The highest BCUT2D eigenvalue weighted by Crippen LogP contribution is 2.40. The van der Waals surface area contributed by atoms with E-state index in [0.717, 1.165) is 23.2 Å². The van der Waals surface area contributed by atoms with Crippen molar-refractivity contribution in [2.24, 2.45) is 11.7 Å². The molecule has 1 aromatic rings. The summed E-state index contributed by atoms with van der Waals surface area (Å²) in [4.78, 5) is 0. The van der Waals surface area contributed by atoms with Crippen molar-refractivity contribution in [3.63, 3.8) is 0 Å². The Labute approximate surface area is 113 Å².